The summed E-state index contributed by atoms with van der Waals surface area (Å²) in [6, 6.07) is 0. The van der Waals surface area contributed by atoms with Gasteiger partial charge in [-0.2, -0.15) is 0 Å². The summed E-state index contributed by atoms with van der Waals surface area (Å²) in [6.45, 7) is 0.376. The molecule has 0 amide bonds. The van der Waals surface area contributed by atoms with Crippen LogP contribution >= 0.6 is 0 Å². The molecular weight excluding hydrogens is 199 g/mol. The number of hydrogen-bond acceptors (Lipinski definition) is 1. The summed E-state index contributed by atoms with van der Waals surface area (Å²) in [4.78, 5) is 0. The zero-order valence-corrected chi connectivity index (χ0v) is 13.1. The summed E-state index contributed by atoms with van der Waals surface area (Å²) in [5.74, 6) is 0. The van der Waals surface area contributed by atoms with E-state index in [0.29, 0.717) is 6.61 Å². The van der Waals surface area contributed by atoms with Gasteiger partial charge in [0.2, 0.25) is 0 Å². The minimum atomic E-state index is 0.376. The van der Waals surface area contributed by atoms with E-state index < -0.39 is 0 Å². The van der Waals surface area contributed by atoms with Crippen molar-refractivity contribution in [1.29, 1.82) is 0 Å². The van der Waals surface area contributed by atoms with E-state index in [2.05, 4.69) is 0 Å². The third-order valence-electron chi connectivity index (χ3n) is 2.76. The van der Waals surface area contributed by atoms with Crippen molar-refractivity contribution in [1.82, 2.24) is 0 Å². The Labute approximate surface area is 124 Å². The summed E-state index contributed by atoms with van der Waals surface area (Å²) in [7, 11) is 0. The molecule has 1 N–H and O–H groups in total. The van der Waals surface area contributed by atoms with Crippen LogP contribution in [0.1, 0.15) is 64.2 Å². The van der Waals surface area contributed by atoms with E-state index in [9.17, 15) is 0 Å². The molecule has 0 aliphatic heterocycles. The van der Waals surface area contributed by atoms with Crippen LogP contribution in [0.2, 0.25) is 0.515 Å². The van der Waals surface area contributed by atoms with Crippen LogP contribution in [0.3, 0.4) is 0 Å². The van der Waals surface area contributed by atoms with Crippen LogP contribution in [-0.2, 0) is 0 Å². The first-order chi connectivity index (χ1) is 6.91. The van der Waals surface area contributed by atoms with E-state index in [1.165, 1.54) is 58.3 Å². The number of unbranched alkanes of at least 4 members (excludes halogenated alkanes) is 9. The predicted octanol–water partition coefficient (Wildman–Crippen LogP) is 3.47. The van der Waals surface area contributed by atoms with Gasteiger partial charge < -0.3 is 5.11 Å². The molecule has 0 aromatic carbocycles. The van der Waals surface area contributed by atoms with Gasteiger partial charge in [-0.25, -0.2) is 0 Å². The molecule has 0 aromatic rings. The molecule has 0 bridgehead atoms. The molecule has 0 rings (SSSR count). The van der Waals surface area contributed by atoms with Crippen LogP contribution < -0.4 is 0 Å². The zero-order valence-electron chi connectivity index (χ0n) is 9.93. The van der Waals surface area contributed by atoms with Gasteiger partial charge in [0.15, 0.2) is 0 Å². The Morgan fingerprint density at radius 3 is 1.29 bits per heavy atom. The Bertz CT molecular complexity index is 84.3. The van der Waals surface area contributed by atoms with Crippen LogP contribution in [0, 0.1) is 0 Å². The third kappa shape index (κ3) is 13.6. The van der Waals surface area contributed by atoms with Crippen LogP contribution in [0.5, 0.6) is 0 Å². The molecule has 0 fully saturated rings. The second-order valence-corrected chi connectivity index (χ2v) is 5.82. The molecule has 0 radical (unpaired) electrons. The number of aliphatic hydroxyl groups is 1. The van der Waals surface area contributed by atoms with E-state index >= 15 is 0 Å². The molecule has 0 aliphatic carbocycles. The summed E-state index contributed by atoms with van der Waals surface area (Å²) in [5.41, 5.74) is 0. The Hall–Kier alpha value is 1.60. The van der Waals surface area contributed by atoms with Crippen LogP contribution in [0.25, 0.3) is 0 Å². The monoisotopic (exact) mass is 224 g/mol. The Morgan fingerprint density at radius 1 is 0.571 bits per heavy atom. The average molecular weight is 224 g/mol. The van der Waals surface area contributed by atoms with Crippen molar-refractivity contribution in [2.45, 2.75) is 64.7 Å². The van der Waals surface area contributed by atoms with Crippen molar-refractivity contribution in [3.63, 3.8) is 0 Å². The Kier molecular flexibility index (Phi) is 16.3. The summed E-state index contributed by atoms with van der Waals surface area (Å²) in [5, 5.41) is 8.59. The molecule has 0 saturated carbocycles. The molecule has 0 atom stereocenters. The van der Waals surface area contributed by atoms with Crippen molar-refractivity contribution < 1.29 is 5.11 Å². The Balaban J connectivity index is 2.78. The Morgan fingerprint density at radius 2 is 0.929 bits per heavy atom. The first kappa shape index (κ1) is 15.6. The minimum absolute atomic E-state index is 0.376. The normalized spacial score (nSPS) is 10.8. The number of aliphatic hydroxyl groups excluding tert-OH is 1. The van der Waals surface area contributed by atoms with Gasteiger partial charge in [0.1, 0.15) is 0 Å². The van der Waals surface area contributed by atoms with Crippen LogP contribution in [0.15, 0.2) is 0 Å². The van der Waals surface area contributed by atoms with E-state index in [-0.39, 0.29) is 0 Å². The van der Waals surface area contributed by atoms with E-state index in [1.807, 2.05) is 0 Å². The van der Waals surface area contributed by atoms with Crippen molar-refractivity contribution in [2.24, 2.45) is 0 Å². The van der Waals surface area contributed by atoms with E-state index in [1.54, 1.807) is 0 Å². The molecule has 0 aliphatic rings. The molecule has 0 aromatic heterocycles. The molecule has 1 nitrogen and oxygen atoms in total. The van der Waals surface area contributed by atoms with Gasteiger partial charge in [0.05, 0.1) is 0 Å². The average Bonchev–Trinajstić information content (AvgIpc) is 2.21. The van der Waals surface area contributed by atoms with Gasteiger partial charge in [-0.1, -0.05) is 0 Å². The first-order valence-electron chi connectivity index (χ1n) is 6.52. The van der Waals surface area contributed by atoms with Crippen LogP contribution in [0.4, 0.5) is 0 Å². The van der Waals surface area contributed by atoms with Crippen molar-refractivity contribution in [3.8, 4) is 0 Å². The summed E-state index contributed by atoms with van der Waals surface area (Å²) >= 11 is 1.08. The SMILES string of the molecule is OCCCCCCCCCCC[CH2][K]. The van der Waals surface area contributed by atoms with Gasteiger partial charge >= 0.3 is 120 Å². The molecule has 0 unspecified atom stereocenters. The predicted molar refractivity (Wildman–Crippen MR) is 63.8 cm³/mol. The molecule has 0 spiro atoms. The van der Waals surface area contributed by atoms with Crippen molar-refractivity contribution in [3.05, 3.63) is 0 Å². The molecular formula is C12H25KO. The molecule has 0 saturated heterocycles. The van der Waals surface area contributed by atoms with Gasteiger partial charge in [0, 0.05) is 0 Å². The molecule has 0 heterocycles. The quantitative estimate of drug-likeness (QED) is 0.421. The number of rotatable bonds is 11. The van der Waals surface area contributed by atoms with E-state index in [0.717, 1.165) is 55.4 Å². The van der Waals surface area contributed by atoms with Crippen molar-refractivity contribution in [2.75, 3.05) is 6.61 Å². The van der Waals surface area contributed by atoms with Crippen LogP contribution in [-0.4, -0.2) is 60.7 Å². The van der Waals surface area contributed by atoms with Gasteiger partial charge in [-0.05, 0) is 0 Å². The fourth-order valence-corrected chi connectivity index (χ4v) is 2.56. The topological polar surface area (TPSA) is 20.2 Å². The fraction of sp³-hybridized carbons (Fsp3) is 1.00. The molecule has 2 heteroatoms. The number of hydrogen-bond donors (Lipinski definition) is 1. The zero-order chi connectivity index (χ0) is 10.5. The van der Waals surface area contributed by atoms with Crippen molar-refractivity contribution >= 4 is 49.0 Å². The maximum absolute atomic E-state index is 8.59. The van der Waals surface area contributed by atoms with E-state index in [4.69, 9.17) is 5.11 Å². The second-order valence-electron chi connectivity index (χ2n) is 4.26. The standard InChI is InChI=1S/C12H25O.K/c1-2-3-4-5-6-7-8-9-10-11-12-13;/h13H,1-12H2;. The molecule has 14 heavy (non-hydrogen) atoms. The molecule has 80 valence electrons. The van der Waals surface area contributed by atoms with Gasteiger partial charge in [0.25, 0.3) is 0 Å². The third-order valence-corrected chi connectivity index (χ3v) is 3.87. The fourth-order valence-electron chi connectivity index (χ4n) is 1.78. The van der Waals surface area contributed by atoms with Gasteiger partial charge in [-0.3, -0.25) is 0 Å². The summed E-state index contributed by atoms with van der Waals surface area (Å²) < 4.78 is 1.54. The second kappa shape index (κ2) is 14.6. The van der Waals surface area contributed by atoms with Gasteiger partial charge in [-0.15, -0.1) is 0 Å². The first-order valence-corrected chi connectivity index (χ1v) is 8.73. The summed E-state index contributed by atoms with van der Waals surface area (Å²) in [6.07, 6.45) is 13.7. The maximum atomic E-state index is 8.59.